The third-order valence-electron chi connectivity index (χ3n) is 4.26. The lowest BCUT2D eigenvalue weighted by molar-refractivity contribution is 0.272. The molecule has 0 N–H and O–H groups in total. The van der Waals surface area contributed by atoms with E-state index in [-0.39, 0.29) is 22.8 Å². The van der Waals surface area contributed by atoms with Crippen molar-refractivity contribution in [2.24, 2.45) is 0 Å². The number of rotatable bonds is 5. The summed E-state index contributed by atoms with van der Waals surface area (Å²) >= 11 is 0. The minimum atomic E-state index is -3.86. The standard InChI is InChI=1S/C14H21NO6S2/c1-14(7-8-22(16,17)10-14)15(2)23(18,19)11-5-6-12(20-3)13(9-11)21-4/h5-6,9H,7-8,10H2,1-4H3/t14-/m0/s1. The Balaban J connectivity index is 2.42. The van der Waals surface area contributed by atoms with Crippen LogP contribution in [0.4, 0.5) is 0 Å². The molecule has 1 aromatic carbocycles. The van der Waals surface area contributed by atoms with Crippen molar-refractivity contribution in [1.82, 2.24) is 4.31 Å². The van der Waals surface area contributed by atoms with Gasteiger partial charge in [0.05, 0.1) is 30.6 Å². The van der Waals surface area contributed by atoms with Crippen molar-refractivity contribution < 1.29 is 26.3 Å². The second kappa shape index (κ2) is 5.95. The first-order valence-corrected chi connectivity index (χ1v) is 10.2. The van der Waals surface area contributed by atoms with Crippen LogP contribution in [0.2, 0.25) is 0 Å². The van der Waals surface area contributed by atoms with E-state index in [1.165, 1.54) is 39.5 Å². The predicted molar refractivity (Wildman–Crippen MR) is 86.2 cm³/mol. The van der Waals surface area contributed by atoms with Gasteiger partial charge < -0.3 is 9.47 Å². The van der Waals surface area contributed by atoms with Crippen LogP contribution in [-0.4, -0.2) is 59.5 Å². The Bertz CT molecular complexity index is 803. The van der Waals surface area contributed by atoms with Crippen LogP contribution in [0.1, 0.15) is 13.3 Å². The van der Waals surface area contributed by atoms with Crippen molar-refractivity contribution in [3.8, 4) is 11.5 Å². The van der Waals surface area contributed by atoms with Crippen molar-refractivity contribution in [2.75, 3.05) is 32.8 Å². The molecule has 2 rings (SSSR count). The van der Waals surface area contributed by atoms with Crippen LogP contribution in [0.25, 0.3) is 0 Å². The Morgan fingerprint density at radius 2 is 1.78 bits per heavy atom. The molecule has 0 spiro atoms. The molecular formula is C14H21NO6S2. The van der Waals surface area contributed by atoms with Crippen LogP contribution >= 0.6 is 0 Å². The zero-order valence-electron chi connectivity index (χ0n) is 13.6. The second-order valence-electron chi connectivity index (χ2n) is 5.83. The largest absolute Gasteiger partial charge is 0.493 e. The molecule has 1 heterocycles. The Kier molecular flexibility index (Phi) is 4.67. The van der Waals surface area contributed by atoms with Gasteiger partial charge in [-0.05, 0) is 25.5 Å². The highest BCUT2D eigenvalue weighted by molar-refractivity contribution is 7.92. The quantitative estimate of drug-likeness (QED) is 0.772. The molecule has 7 nitrogen and oxygen atoms in total. The molecule has 1 atom stereocenters. The highest BCUT2D eigenvalue weighted by Crippen LogP contribution is 2.35. The molecule has 0 aromatic heterocycles. The van der Waals surface area contributed by atoms with Gasteiger partial charge in [0.1, 0.15) is 0 Å². The highest BCUT2D eigenvalue weighted by atomic mass is 32.2. The van der Waals surface area contributed by atoms with Gasteiger partial charge in [0.2, 0.25) is 10.0 Å². The Hall–Kier alpha value is -1.32. The van der Waals surface area contributed by atoms with E-state index < -0.39 is 25.4 Å². The molecule has 1 aliphatic heterocycles. The normalized spacial score (nSPS) is 23.9. The summed E-state index contributed by atoms with van der Waals surface area (Å²) in [6.07, 6.45) is 0.276. The van der Waals surface area contributed by atoms with E-state index in [4.69, 9.17) is 9.47 Å². The number of methoxy groups -OCH3 is 2. The zero-order valence-corrected chi connectivity index (χ0v) is 15.2. The van der Waals surface area contributed by atoms with E-state index in [1.807, 2.05) is 0 Å². The van der Waals surface area contributed by atoms with E-state index in [0.29, 0.717) is 11.5 Å². The van der Waals surface area contributed by atoms with E-state index >= 15 is 0 Å². The number of sulfone groups is 1. The van der Waals surface area contributed by atoms with Crippen molar-refractivity contribution in [3.63, 3.8) is 0 Å². The summed E-state index contributed by atoms with van der Waals surface area (Å²) in [7, 11) is -2.78. The molecule has 0 bridgehead atoms. The van der Waals surface area contributed by atoms with E-state index in [2.05, 4.69) is 0 Å². The number of hydrogen-bond donors (Lipinski definition) is 0. The van der Waals surface area contributed by atoms with Crippen molar-refractivity contribution in [2.45, 2.75) is 23.8 Å². The number of benzene rings is 1. The van der Waals surface area contributed by atoms with E-state index in [1.54, 1.807) is 6.92 Å². The molecule has 1 saturated heterocycles. The number of nitrogens with zero attached hydrogens (tertiary/aromatic N) is 1. The summed E-state index contributed by atoms with van der Waals surface area (Å²) in [6, 6.07) is 4.30. The fourth-order valence-corrected chi connectivity index (χ4v) is 6.48. The van der Waals surface area contributed by atoms with Crippen LogP contribution in [0.5, 0.6) is 11.5 Å². The molecule has 1 aromatic rings. The summed E-state index contributed by atoms with van der Waals surface area (Å²) in [6.45, 7) is 1.65. The monoisotopic (exact) mass is 363 g/mol. The first-order chi connectivity index (χ1) is 10.6. The minimum absolute atomic E-state index is 0.00467. The fourth-order valence-electron chi connectivity index (χ4n) is 2.67. The summed E-state index contributed by atoms with van der Waals surface area (Å²) < 4.78 is 60.5. The van der Waals surface area contributed by atoms with E-state index in [0.717, 1.165) is 4.31 Å². The molecule has 23 heavy (non-hydrogen) atoms. The molecule has 0 radical (unpaired) electrons. The summed E-state index contributed by atoms with van der Waals surface area (Å²) in [5.41, 5.74) is -0.954. The zero-order chi connectivity index (χ0) is 17.5. The van der Waals surface area contributed by atoms with Gasteiger partial charge in [0.25, 0.3) is 0 Å². The lowest BCUT2D eigenvalue weighted by atomic mass is 10.0. The number of ether oxygens (including phenoxy) is 2. The fraction of sp³-hybridized carbons (Fsp3) is 0.571. The molecule has 1 aliphatic rings. The van der Waals surface area contributed by atoms with Crippen molar-refractivity contribution >= 4 is 19.9 Å². The maximum absolute atomic E-state index is 12.8. The molecule has 9 heteroatoms. The maximum Gasteiger partial charge on any atom is 0.243 e. The Labute approximate surface area is 137 Å². The lowest BCUT2D eigenvalue weighted by Crippen LogP contribution is -2.48. The van der Waals surface area contributed by atoms with Crippen molar-refractivity contribution in [1.29, 1.82) is 0 Å². The van der Waals surface area contributed by atoms with Crippen LogP contribution in [0.3, 0.4) is 0 Å². The van der Waals surface area contributed by atoms with Crippen molar-refractivity contribution in [3.05, 3.63) is 18.2 Å². The summed E-state index contributed by atoms with van der Waals surface area (Å²) in [5.74, 6) is 0.535. The summed E-state index contributed by atoms with van der Waals surface area (Å²) in [4.78, 5) is 0.0307. The minimum Gasteiger partial charge on any atom is -0.493 e. The second-order valence-corrected chi connectivity index (χ2v) is 9.98. The Morgan fingerprint density at radius 3 is 2.26 bits per heavy atom. The SMILES string of the molecule is COc1ccc(S(=O)(=O)N(C)[C@@]2(C)CCS(=O)(=O)C2)cc1OC. The van der Waals surface area contributed by atoms with Crippen LogP contribution < -0.4 is 9.47 Å². The van der Waals surface area contributed by atoms with Gasteiger partial charge in [-0.3, -0.25) is 0 Å². The van der Waals surface area contributed by atoms with Crippen LogP contribution in [0.15, 0.2) is 23.1 Å². The molecule has 130 valence electrons. The molecule has 0 unspecified atom stereocenters. The summed E-state index contributed by atoms with van der Waals surface area (Å²) in [5, 5.41) is 0. The van der Waals surface area contributed by atoms with Gasteiger partial charge in [0.15, 0.2) is 21.3 Å². The third kappa shape index (κ3) is 3.31. The number of hydrogen-bond acceptors (Lipinski definition) is 6. The third-order valence-corrected chi connectivity index (χ3v) is 8.16. The van der Waals surface area contributed by atoms with E-state index in [9.17, 15) is 16.8 Å². The predicted octanol–water partition coefficient (Wildman–Crippen LogP) is 0.901. The highest BCUT2D eigenvalue weighted by Gasteiger charge is 2.46. The average Bonchev–Trinajstić information content (AvgIpc) is 2.80. The number of sulfonamides is 1. The molecule has 0 saturated carbocycles. The molecule has 0 aliphatic carbocycles. The van der Waals surface area contributed by atoms with Crippen LogP contribution in [-0.2, 0) is 19.9 Å². The van der Waals surface area contributed by atoms with Gasteiger partial charge in [-0.2, -0.15) is 4.31 Å². The Morgan fingerprint density at radius 1 is 1.17 bits per heavy atom. The first kappa shape index (κ1) is 18.0. The van der Waals surface area contributed by atoms with Gasteiger partial charge in [-0.25, -0.2) is 16.8 Å². The van der Waals surface area contributed by atoms with Gasteiger partial charge in [-0.15, -0.1) is 0 Å². The maximum atomic E-state index is 12.8. The van der Waals surface area contributed by atoms with Gasteiger partial charge in [-0.1, -0.05) is 0 Å². The molecule has 0 amide bonds. The average molecular weight is 363 g/mol. The van der Waals surface area contributed by atoms with Gasteiger partial charge in [0, 0.05) is 18.7 Å². The molecular weight excluding hydrogens is 342 g/mol. The first-order valence-electron chi connectivity index (χ1n) is 6.97. The smallest absolute Gasteiger partial charge is 0.243 e. The van der Waals surface area contributed by atoms with Gasteiger partial charge >= 0.3 is 0 Å². The lowest BCUT2D eigenvalue weighted by Gasteiger charge is -2.33. The molecule has 1 fully saturated rings. The van der Waals surface area contributed by atoms with Crippen LogP contribution in [0, 0.1) is 0 Å². The topological polar surface area (TPSA) is 90.0 Å².